The van der Waals surface area contributed by atoms with Crippen molar-refractivity contribution < 1.29 is 14.3 Å². The van der Waals surface area contributed by atoms with Crippen molar-refractivity contribution in [1.29, 1.82) is 0 Å². The number of carbonyl (C=O) groups is 2. The molecule has 2 N–H and O–H groups in total. The number of hydrogen-bond acceptors (Lipinski definition) is 3. The predicted octanol–water partition coefficient (Wildman–Crippen LogP) is 3.99. The molecule has 0 radical (unpaired) electrons. The Morgan fingerprint density at radius 1 is 1.08 bits per heavy atom. The Bertz CT molecular complexity index is 741. The minimum absolute atomic E-state index is 0.151. The molecule has 5 heteroatoms. The third-order valence-corrected chi connectivity index (χ3v) is 3.38. The van der Waals surface area contributed by atoms with Crippen LogP contribution >= 0.6 is 0 Å². The van der Waals surface area contributed by atoms with Gasteiger partial charge in [-0.15, -0.1) is 0 Å². The number of benzene rings is 2. The monoisotopic (exact) mass is 326 g/mol. The van der Waals surface area contributed by atoms with Crippen molar-refractivity contribution in [3.8, 4) is 5.75 Å². The van der Waals surface area contributed by atoms with Gasteiger partial charge in [0.25, 0.3) is 5.91 Å². The number of anilines is 2. The number of hydrogen-bond donors (Lipinski definition) is 2. The van der Waals surface area contributed by atoms with E-state index in [0.29, 0.717) is 29.3 Å². The molecule has 2 rings (SSSR count). The molecule has 0 aliphatic heterocycles. The summed E-state index contributed by atoms with van der Waals surface area (Å²) >= 11 is 0. The minimum atomic E-state index is -0.227. The summed E-state index contributed by atoms with van der Waals surface area (Å²) in [5.41, 5.74) is 2.75. The first-order valence-electron chi connectivity index (χ1n) is 7.92. The van der Waals surface area contributed by atoms with Gasteiger partial charge >= 0.3 is 0 Å². The molecule has 0 saturated carbocycles. The van der Waals surface area contributed by atoms with E-state index in [9.17, 15) is 9.59 Å². The Kier molecular flexibility index (Phi) is 5.95. The van der Waals surface area contributed by atoms with Gasteiger partial charge in [-0.3, -0.25) is 9.59 Å². The van der Waals surface area contributed by atoms with Crippen LogP contribution in [0.1, 0.15) is 36.2 Å². The molecule has 24 heavy (non-hydrogen) atoms. The highest BCUT2D eigenvalue weighted by atomic mass is 16.5. The Labute approximate surface area is 142 Å². The molecule has 0 aliphatic rings. The van der Waals surface area contributed by atoms with Crippen LogP contribution in [0.4, 0.5) is 11.4 Å². The van der Waals surface area contributed by atoms with Crippen LogP contribution in [0.2, 0.25) is 0 Å². The van der Waals surface area contributed by atoms with E-state index in [4.69, 9.17) is 4.74 Å². The van der Waals surface area contributed by atoms with E-state index < -0.39 is 0 Å². The summed E-state index contributed by atoms with van der Waals surface area (Å²) < 4.78 is 5.55. The van der Waals surface area contributed by atoms with E-state index in [-0.39, 0.29) is 11.8 Å². The SMILES string of the molecule is CCCOc1cccc(C(=O)Nc2ccc(C)c(NC(C)=O)c2)c1. The zero-order chi connectivity index (χ0) is 17.5. The molecule has 0 heterocycles. The van der Waals surface area contributed by atoms with Gasteiger partial charge < -0.3 is 15.4 Å². The fourth-order valence-electron chi connectivity index (χ4n) is 2.17. The van der Waals surface area contributed by atoms with E-state index >= 15 is 0 Å². The van der Waals surface area contributed by atoms with Crippen LogP contribution < -0.4 is 15.4 Å². The second kappa shape index (κ2) is 8.15. The van der Waals surface area contributed by atoms with Crippen molar-refractivity contribution in [2.75, 3.05) is 17.2 Å². The molecule has 0 unspecified atom stereocenters. The van der Waals surface area contributed by atoms with Gasteiger partial charge in [0.2, 0.25) is 5.91 Å². The first kappa shape index (κ1) is 17.5. The van der Waals surface area contributed by atoms with Crippen LogP contribution in [0.3, 0.4) is 0 Å². The molecule has 0 aliphatic carbocycles. The number of rotatable bonds is 6. The molecule has 126 valence electrons. The summed E-state index contributed by atoms with van der Waals surface area (Å²) in [6, 6.07) is 12.5. The highest BCUT2D eigenvalue weighted by molar-refractivity contribution is 6.05. The van der Waals surface area contributed by atoms with E-state index in [0.717, 1.165) is 12.0 Å². The Morgan fingerprint density at radius 3 is 2.58 bits per heavy atom. The highest BCUT2D eigenvalue weighted by Crippen LogP contribution is 2.21. The summed E-state index contributed by atoms with van der Waals surface area (Å²) in [7, 11) is 0. The van der Waals surface area contributed by atoms with Crippen molar-refractivity contribution in [3.05, 3.63) is 53.6 Å². The lowest BCUT2D eigenvalue weighted by Crippen LogP contribution is -2.13. The van der Waals surface area contributed by atoms with Crippen molar-refractivity contribution in [1.82, 2.24) is 0 Å². The molecule has 0 bridgehead atoms. The highest BCUT2D eigenvalue weighted by Gasteiger charge is 2.09. The standard InChI is InChI=1S/C19H22N2O3/c1-4-10-24-17-7-5-6-15(11-17)19(23)21-16-9-8-13(2)18(12-16)20-14(3)22/h5-9,11-12H,4,10H2,1-3H3,(H,20,22)(H,21,23). The lowest BCUT2D eigenvalue weighted by molar-refractivity contribution is -0.114. The lowest BCUT2D eigenvalue weighted by Gasteiger charge is -2.11. The molecule has 2 aromatic carbocycles. The van der Waals surface area contributed by atoms with Gasteiger partial charge in [-0.2, -0.15) is 0 Å². The molecule has 0 spiro atoms. The summed E-state index contributed by atoms with van der Waals surface area (Å²) in [5, 5.41) is 5.59. The van der Waals surface area contributed by atoms with E-state index in [2.05, 4.69) is 10.6 Å². The largest absolute Gasteiger partial charge is 0.494 e. The van der Waals surface area contributed by atoms with Crippen molar-refractivity contribution >= 4 is 23.2 Å². The third-order valence-electron chi connectivity index (χ3n) is 3.38. The van der Waals surface area contributed by atoms with E-state index in [1.165, 1.54) is 6.92 Å². The third kappa shape index (κ3) is 4.84. The van der Waals surface area contributed by atoms with Gasteiger partial charge in [0.05, 0.1) is 6.61 Å². The van der Waals surface area contributed by atoms with Gasteiger partial charge in [-0.25, -0.2) is 0 Å². The quantitative estimate of drug-likeness (QED) is 0.843. The summed E-state index contributed by atoms with van der Waals surface area (Å²) in [4.78, 5) is 23.6. The Morgan fingerprint density at radius 2 is 1.88 bits per heavy atom. The number of nitrogens with one attached hydrogen (secondary N) is 2. The fourth-order valence-corrected chi connectivity index (χ4v) is 2.17. The summed E-state index contributed by atoms with van der Waals surface area (Å²) in [6.45, 7) is 5.99. The van der Waals surface area contributed by atoms with Crippen molar-refractivity contribution in [3.63, 3.8) is 0 Å². The fraction of sp³-hybridized carbons (Fsp3) is 0.263. The van der Waals surface area contributed by atoms with Gasteiger partial charge in [0.1, 0.15) is 5.75 Å². The first-order chi connectivity index (χ1) is 11.5. The Balaban J connectivity index is 2.13. The first-order valence-corrected chi connectivity index (χ1v) is 7.92. The molecule has 0 aromatic heterocycles. The van der Waals surface area contributed by atoms with Crippen molar-refractivity contribution in [2.24, 2.45) is 0 Å². The second-order valence-corrected chi connectivity index (χ2v) is 5.54. The molecule has 5 nitrogen and oxygen atoms in total. The number of amides is 2. The van der Waals surface area contributed by atoms with Crippen LogP contribution in [0.25, 0.3) is 0 Å². The smallest absolute Gasteiger partial charge is 0.255 e. The van der Waals surface area contributed by atoms with Crippen molar-refractivity contribution in [2.45, 2.75) is 27.2 Å². The maximum atomic E-state index is 12.4. The van der Waals surface area contributed by atoms with Crippen LogP contribution in [0.15, 0.2) is 42.5 Å². The maximum Gasteiger partial charge on any atom is 0.255 e. The van der Waals surface area contributed by atoms with Crippen LogP contribution in [0.5, 0.6) is 5.75 Å². The average molecular weight is 326 g/mol. The molecular formula is C19H22N2O3. The zero-order valence-corrected chi connectivity index (χ0v) is 14.2. The number of ether oxygens (including phenoxy) is 1. The normalized spacial score (nSPS) is 10.1. The summed E-state index contributed by atoms with van der Waals surface area (Å²) in [5.74, 6) is 0.296. The second-order valence-electron chi connectivity index (χ2n) is 5.54. The molecule has 0 saturated heterocycles. The van der Waals surface area contributed by atoms with Gasteiger partial charge in [0, 0.05) is 23.9 Å². The molecule has 0 fully saturated rings. The topological polar surface area (TPSA) is 67.4 Å². The van der Waals surface area contributed by atoms with Gasteiger partial charge in [0.15, 0.2) is 0 Å². The van der Waals surface area contributed by atoms with Crippen LogP contribution in [-0.4, -0.2) is 18.4 Å². The Hall–Kier alpha value is -2.82. The van der Waals surface area contributed by atoms with E-state index in [1.54, 1.807) is 30.3 Å². The van der Waals surface area contributed by atoms with Gasteiger partial charge in [-0.1, -0.05) is 19.1 Å². The minimum Gasteiger partial charge on any atom is -0.494 e. The molecule has 0 atom stereocenters. The maximum absolute atomic E-state index is 12.4. The lowest BCUT2D eigenvalue weighted by atomic mass is 10.1. The molecule has 2 aromatic rings. The van der Waals surface area contributed by atoms with Crippen LogP contribution in [-0.2, 0) is 4.79 Å². The number of carbonyl (C=O) groups excluding carboxylic acids is 2. The van der Waals surface area contributed by atoms with Crippen LogP contribution in [0, 0.1) is 6.92 Å². The predicted molar refractivity (Wildman–Crippen MR) is 95.7 cm³/mol. The average Bonchev–Trinajstić information content (AvgIpc) is 2.56. The van der Waals surface area contributed by atoms with Gasteiger partial charge in [-0.05, 0) is 49.2 Å². The number of aryl methyl sites for hydroxylation is 1. The zero-order valence-electron chi connectivity index (χ0n) is 14.2. The van der Waals surface area contributed by atoms with E-state index in [1.807, 2.05) is 26.0 Å². The molecular weight excluding hydrogens is 304 g/mol. The summed E-state index contributed by atoms with van der Waals surface area (Å²) in [6.07, 6.45) is 0.908. The molecule has 2 amide bonds.